The predicted molar refractivity (Wildman–Crippen MR) is 87.6 cm³/mol. The summed E-state index contributed by atoms with van der Waals surface area (Å²) in [5.41, 5.74) is 1.41. The molecule has 1 nitrogen and oxygen atoms in total. The van der Waals surface area contributed by atoms with Crippen molar-refractivity contribution < 1.29 is 0 Å². The van der Waals surface area contributed by atoms with Crippen LogP contribution >= 0.6 is 35.1 Å². The lowest BCUT2D eigenvalue weighted by atomic mass is 10.0. The van der Waals surface area contributed by atoms with E-state index < -0.39 is 0 Å². The zero-order valence-corrected chi connectivity index (χ0v) is 13.6. The van der Waals surface area contributed by atoms with E-state index in [1.807, 2.05) is 29.6 Å². The highest BCUT2D eigenvalue weighted by Gasteiger charge is 2.28. The summed E-state index contributed by atoms with van der Waals surface area (Å²) in [6.45, 7) is 0. The van der Waals surface area contributed by atoms with E-state index in [0.29, 0.717) is 12.1 Å². The largest absolute Gasteiger partial charge is 0.307 e. The van der Waals surface area contributed by atoms with Crippen LogP contribution in [0.3, 0.4) is 0 Å². The van der Waals surface area contributed by atoms with Gasteiger partial charge in [-0.1, -0.05) is 11.6 Å². The van der Waals surface area contributed by atoms with E-state index >= 15 is 0 Å². The van der Waals surface area contributed by atoms with Gasteiger partial charge in [-0.05, 0) is 61.5 Å². The first kappa shape index (κ1) is 14.1. The minimum absolute atomic E-state index is 0.501. The number of hydrogen-bond acceptors (Lipinski definition) is 3. The van der Waals surface area contributed by atoms with Gasteiger partial charge in [0.25, 0.3) is 0 Å². The first-order valence-electron chi connectivity index (χ1n) is 6.97. The summed E-state index contributed by atoms with van der Waals surface area (Å²) in [5, 5.41) is 5.60. The van der Waals surface area contributed by atoms with Crippen LogP contribution in [0.1, 0.15) is 37.3 Å². The molecule has 0 spiro atoms. The topological polar surface area (TPSA) is 12.0 Å². The van der Waals surface area contributed by atoms with Crippen LogP contribution in [0.25, 0.3) is 0 Å². The van der Waals surface area contributed by atoms with Crippen LogP contribution in [0.4, 0.5) is 0 Å². The van der Waals surface area contributed by atoms with Gasteiger partial charge in [0, 0.05) is 27.3 Å². The maximum atomic E-state index is 6.16. The molecule has 1 saturated carbocycles. The van der Waals surface area contributed by atoms with Crippen LogP contribution in [0.15, 0.2) is 23.1 Å². The van der Waals surface area contributed by atoms with Gasteiger partial charge >= 0.3 is 0 Å². The Bertz CT molecular complexity index is 452. The zero-order chi connectivity index (χ0) is 13.2. The van der Waals surface area contributed by atoms with Gasteiger partial charge in [0.2, 0.25) is 0 Å². The van der Waals surface area contributed by atoms with Crippen LogP contribution in [0, 0.1) is 0 Å². The van der Waals surface area contributed by atoms with E-state index in [1.165, 1.54) is 41.9 Å². The van der Waals surface area contributed by atoms with Crippen molar-refractivity contribution in [3.63, 3.8) is 0 Å². The molecule has 1 aliphatic heterocycles. The molecule has 1 aromatic carbocycles. The van der Waals surface area contributed by atoms with E-state index in [1.54, 1.807) is 0 Å². The molecular formula is C15H20ClNS2. The van der Waals surface area contributed by atoms with Gasteiger partial charge < -0.3 is 5.32 Å². The lowest BCUT2D eigenvalue weighted by molar-refractivity contribution is 0.426. The third kappa shape index (κ3) is 3.26. The van der Waals surface area contributed by atoms with Gasteiger partial charge in [-0.15, -0.1) is 11.8 Å². The molecule has 2 aliphatic rings. The fourth-order valence-corrected chi connectivity index (χ4v) is 5.21. The summed E-state index contributed by atoms with van der Waals surface area (Å²) in [7, 11) is 0. The van der Waals surface area contributed by atoms with Gasteiger partial charge in [-0.2, -0.15) is 11.8 Å². The number of thioether (sulfide) groups is 2. The molecule has 0 saturated heterocycles. The Hall–Kier alpha value is 0.170. The van der Waals surface area contributed by atoms with E-state index in [-0.39, 0.29) is 0 Å². The molecule has 3 atom stereocenters. The van der Waals surface area contributed by atoms with Crippen LogP contribution in [-0.4, -0.2) is 23.3 Å². The highest BCUT2D eigenvalue weighted by molar-refractivity contribution is 7.99. The monoisotopic (exact) mass is 313 g/mol. The van der Waals surface area contributed by atoms with Crippen molar-refractivity contribution in [2.45, 2.75) is 47.9 Å². The van der Waals surface area contributed by atoms with Crippen molar-refractivity contribution in [2.24, 2.45) is 0 Å². The standard InChI is InChI=1S/C15H20ClNS2/c1-18-12-4-3-11(9-12)17-14-6-7-19-15-5-2-10(16)8-13(14)15/h2,5,8,11-12,14,17H,3-4,6-7,9H2,1H3. The highest BCUT2D eigenvalue weighted by atomic mass is 35.5. The third-order valence-corrected chi connectivity index (χ3v) is 6.62. The Morgan fingerprint density at radius 1 is 1.32 bits per heavy atom. The van der Waals surface area contributed by atoms with E-state index in [0.717, 1.165) is 10.3 Å². The summed E-state index contributed by atoms with van der Waals surface area (Å²) in [6.07, 6.45) is 7.46. The second kappa shape index (κ2) is 6.30. The van der Waals surface area contributed by atoms with Crippen molar-refractivity contribution >= 4 is 35.1 Å². The SMILES string of the molecule is CSC1CCC(NC2CCSc3ccc(Cl)cc32)C1. The van der Waals surface area contributed by atoms with Gasteiger partial charge in [0.1, 0.15) is 0 Å². The Kier molecular flexibility index (Phi) is 4.68. The van der Waals surface area contributed by atoms with Gasteiger partial charge in [-0.3, -0.25) is 0 Å². The van der Waals surface area contributed by atoms with Crippen molar-refractivity contribution in [1.29, 1.82) is 0 Å². The molecule has 0 aromatic heterocycles. The van der Waals surface area contributed by atoms with E-state index in [4.69, 9.17) is 11.6 Å². The Morgan fingerprint density at radius 2 is 2.21 bits per heavy atom. The van der Waals surface area contributed by atoms with Crippen molar-refractivity contribution in [3.8, 4) is 0 Å². The molecule has 1 aromatic rings. The Balaban J connectivity index is 1.71. The summed E-state index contributed by atoms with van der Waals surface area (Å²) in [4.78, 5) is 1.41. The average molecular weight is 314 g/mol. The quantitative estimate of drug-likeness (QED) is 0.864. The maximum absolute atomic E-state index is 6.16. The molecule has 4 heteroatoms. The first-order chi connectivity index (χ1) is 9.26. The van der Waals surface area contributed by atoms with E-state index in [9.17, 15) is 0 Å². The molecule has 1 N–H and O–H groups in total. The summed E-state index contributed by atoms with van der Waals surface area (Å²) >= 11 is 10.1. The number of fused-ring (bicyclic) bond motifs is 1. The van der Waals surface area contributed by atoms with Crippen LogP contribution in [-0.2, 0) is 0 Å². The third-order valence-electron chi connectivity index (χ3n) is 4.17. The molecule has 0 bridgehead atoms. The number of halogens is 1. The Morgan fingerprint density at radius 3 is 3.00 bits per heavy atom. The fourth-order valence-electron chi connectivity index (χ4n) is 3.13. The lowest BCUT2D eigenvalue weighted by Gasteiger charge is -2.29. The molecule has 1 fully saturated rings. The van der Waals surface area contributed by atoms with Crippen LogP contribution in [0.5, 0.6) is 0 Å². The molecule has 19 heavy (non-hydrogen) atoms. The summed E-state index contributed by atoms with van der Waals surface area (Å²) in [6, 6.07) is 7.53. The normalized spacial score (nSPS) is 30.3. The summed E-state index contributed by atoms with van der Waals surface area (Å²) in [5.74, 6) is 1.21. The number of hydrogen-bond donors (Lipinski definition) is 1. The molecule has 3 rings (SSSR count). The molecule has 1 heterocycles. The first-order valence-corrected chi connectivity index (χ1v) is 9.62. The molecule has 0 radical (unpaired) electrons. The zero-order valence-electron chi connectivity index (χ0n) is 11.2. The molecular weight excluding hydrogens is 294 g/mol. The van der Waals surface area contributed by atoms with Crippen molar-refractivity contribution in [3.05, 3.63) is 28.8 Å². The molecule has 0 amide bonds. The predicted octanol–water partition coefficient (Wildman–Crippen LogP) is 4.75. The summed E-state index contributed by atoms with van der Waals surface area (Å²) < 4.78 is 0. The second-order valence-electron chi connectivity index (χ2n) is 5.41. The highest BCUT2D eigenvalue weighted by Crippen LogP contribution is 2.39. The van der Waals surface area contributed by atoms with E-state index in [2.05, 4.69) is 23.7 Å². The lowest BCUT2D eigenvalue weighted by Crippen LogP contribution is -2.33. The minimum Gasteiger partial charge on any atom is -0.307 e. The van der Waals surface area contributed by atoms with Gasteiger partial charge in [0.05, 0.1) is 0 Å². The van der Waals surface area contributed by atoms with Gasteiger partial charge in [0.15, 0.2) is 0 Å². The molecule has 3 unspecified atom stereocenters. The smallest absolute Gasteiger partial charge is 0.0410 e. The van der Waals surface area contributed by atoms with Crippen molar-refractivity contribution in [1.82, 2.24) is 5.32 Å². The number of nitrogens with one attached hydrogen (secondary N) is 1. The van der Waals surface area contributed by atoms with Gasteiger partial charge in [-0.25, -0.2) is 0 Å². The Labute approximate surface area is 129 Å². The average Bonchev–Trinajstić information content (AvgIpc) is 2.87. The molecule has 1 aliphatic carbocycles. The molecule has 104 valence electrons. The minimum atomic E-state index is 0.501. The maximum Gasteiger partial charge on any atom is 0.0410 e. The van der Waals surface area contributed by atoms with Crippen LogP contribution < -0.4 is 5.32 Å². The fraction of sp³-hybridized carbons (Fsp3) is 0.600. The number of rotatable bonds is 3. The van der Waals surface area contributed by atoms with Crippen LogP contribution in [0.2, 0.25) is 5.02 Å². The number of benzene rings is 1. The second-order valence-corrected chi connectivity index (χ2v) is 8.12. The van der Waals surface area contributed by atoms with Crippen molar-refractivity contribution in [2.75, 3.05) is 12.0 Å².